The van der Waals surface area contributed by atoms with Crippen molar-refractivity contribution in [2.75, 3.05) is 26.6 Å². The Kier molecular flexibility index (Phi) is 6.92. The van der Waals surface area contributed by atoms with Crippen LogP contribution in [0.25, 0.3) is 0 Å². The number of carbonyl (C=O) groups excluding carboxylic acids is 2. The van der Waals surface area contributed by atoms with Crippen LogP contribution in [0.2, 0.25) is 0 Å². The number of anilines is 1. The second-order valence-electron chi connectivity index (χ2n) is 5.67. The zero-order valence-electron chi connectivity index (χ0n) is 16.0. The van der Waals surface area contributed by atoms with E-state index in [1.807, 2.05) is 5.32 Å². The van der Waals surface area contributed by atoms with Gasteiger partial charge >= 0.3 is 5.97 Å². The lowest BCUT2D eigenvalue weighted by Gasteiger charge is -2.16. The molecule has 1 amide bonds. The molecule has 0 saturated heterocycles. The van der Waals surface area contributed by atoms with Gasteiger partial charge < -0.3 is 24.3 Å². The van der Waals surface area contributed by atoms with Gasteiger partial charge in [-0.1, -0.05) is 0 Å². The molecular weight excluding hydrogens is 395 g/mol. The number of ether oxygens (including phenoxy) is 4. The van der Waals surface area contributed by atoms with Gasteiger partial charge in [-0.15, -0.1) is 0 Å². The standard InChI is InChI=1S/C19H18F3NO6/c1-9(18(24)23-12-6-5-11(20)15(21)16(12)22)29-19(25)10-7-13(26-2)17(28-4)14(8-10)27-3/h5-9H,1-4H3,(H,23,24). The van der Waals surface area contributed by atoms with Crippen molar-refractivity contribution in [3.63, 3.8) is 0 Å². The molecule has 29 heavy (non-hydrogen) atoms. The number of esters is 1. The zero-order chi connectivity index (χ0) is 21.7. The summed E-state index contributed by atoms with van der Waals surface area (Å²) >= 11 is 0. The van der Waals surface area contributed by atoms with Gasteiger partial charge in [0.25, 0.3) is 5.91 Å². The predicted molar refractivity (Wildman–Crippen MR) is 95.9 cm³/mol. The average Bonchev–Trinajstić information content (AvgIpc) is 2.72. The third-order valence-corrected chi connectivity index (χ3v) is 3.85. The molecule has 0 fully saturated rings. The van der Waals surface area contributed by atoms with E-state index in [-0.39, 0.29) is 22.8 Å². The first kappa shape index (κ1) is 21.9. The maximum atomic E-state index is 13.7. The number of carbonyl (C=O) groups is 2. The first-order valence-electron chi connectivity index (χ1n) is 8.18. The van der Waals surface area contributed by atoms with Crippen LogP contribution < -0.4 is 19.5 Å². The van der Waals surface area contributed by atoms with Crippen molar-refractivity contribution in [3.8, 4) is 17.2 Å². The first-order chi connectivity index (χ1) is 13.7. The van der Waals surface area contributed by atoms with Crippen LogP contribution in [0.1, 0.15) is 17.3 Å². The average molecular weight is 413 g/mol. The lowest BCUT2D eigenvalue weighted by atomic mass is 10.2. The van der Waals surface area contributed by atoms with Gasteiger partial charge in [0.2, 0.25) is 5.75 Å². The fourth-order valence-electron chi connectivity index (χ4n) is 2.34. The molecule has 0 aliphatic heterocycles. The van der Waals surface area contributed by atoms with E-state index in [1.165, 1.54) is 40.4 Å². The molecule has 2 rings (SSSR count). The summed E-state index contributed by atoms with van der Waals surface area (Å²) < 4.78 is 60.4. The maximum absolute atomic E-state index is 13.7. The smallest absolute Gasteiger partial charge is 0.339 e. The van der Waals surface area contributed by atoms with E-state index in [0.717, 1.165) is 6.07 Å². The van der Waals surface area contributed by atoms with Crippen molar-refractivity contribution in [3.05, 3.63) is 47.3 Å². The quantitative estimate of drug-likeness (QED) is 0.554. The highest BCUT2D eigenvalue weighted by Gasteiger charge is 2.24. The Morgan fingerprint density at radius 3 is 2.03 bits per heavy atom. The fourth-order valence-corrected chi connectivity index (χ4v) is 2.34. The minimum absolute atomic E-state index is 0.00171. The molecule has 1 N–H and O–H groups in total. The van der Waals surface area contributed by atoms with Crippen LogP contribution in [0, 0.1) is 17.5 Å². The van der Waals surface area contributed by atoms with Crippen molar-refractivity contribution in [1.29, 1.82) is 0 Å². The number of hydrogen-bond donors (Lipinski definition) is 1. The summed E-state index contributed by atoms with van der Waals surface area (Å²) in [6.45, 7) is 1.23. The molecule has 1 atom stereocenters. The van der Waals surface area contributed by atoms with Gasteiger partial charge in [-0.25, -0.2) is 18.0 Å². The van der Waals surface area contributed by atoms with E-state index < -0.39 is 41.1 Å². The molecule has 0 aromatic heterocycles. The Labute approximate surface area is 164 Å². The van der Waals surface area contributed by atoms with Crippen molar-refractivity contribution >= 4 is 17.6 Å². The van der Waals surface area contributed by atoms with Gasteiger partial charge in [0.05, 0.1) is 32.6 Å². The van der Waals surface area contributed by atoms with Crippen LogP contribution in [-0.2, 0) is 9.53 Å². The van der Waals surface area contributed by atoms with E-state index >= 15 is 0 Å². The monoisotopic (exact) mass is 413 g/mol. The summed E-state index contributed by atoms with van der Waals surface area (Å²) in [5, 5.41) is 2.03. The normalized spacial score (nSPS) is 11.4. The van der Waals surface area contributed by atoms with E-state index in [1.54, 1.807) is 0 Å². The molecule has 1 unspecified atom stereocenters. The molecule has 0 bridgehead atoms. The van der Waals surface area contributed by atoms with Crippen LogP contribution >= 0.6 is 0 Å². The molecule has 0 radical (unpaired) electrons. The molecule has 2 aromatic rings. The fraction of sp³-hybridized carbons (Fsp3) is 0.263. The first-order valence-corrected chi connectivity index (χ1v) is 8.18. The number of methoxy groups -OCH3 is 3. The second kappa shape index (κ2) is 9.18. The van der Waals surface area contributed by atoms with E-state index in [4.69, 9.17) is 18.9 Å². The van der Waals surface area contributed by atoms with Crippen molar-refractivity contribution < 1.29 is 41.7 Å². The van der Waals surface area contributed by atoms with Gasteiger partial charge in [-0.3, -0.25) is 4.79 Å². The topological polar surface area (TPSA) is 83.1 Å². The van der Waals surface area contributed by atoms with E-state index in [0.29, 0.717) is 6.07 Å². The Morgan fingerprint density at radius 1 is 0.931 bits per heavy atom. The van der Waals surface area contributed by atoms with Crippen molar-refractivity contribution in [2.24, 2.45) is 0 Å². The Morgan fingerprint density at radius 2 is 1.52 bits per heavy atom. The van der Waals surface area contributed by atoms with Crippen LogP contribution in [0.5, 0.6) is 17.2 Å². The highest BCUT2D eigenvalue weighted by atomic mass is 19.2. The second-order valence-corrected chi connectivity index (χ2v) is 5.67. The summed E-state index contributed by atoms with van der Waals surface area (Å²) in [5.41, 5.74) is -0.595. The Hall–Kier alpha value is -3.43. The number of rotatable bonds is 7. The molecule has 0 saturated carbocycles. The molecule has 2 aromatic carbocycles. The molecule has 7 nitrogen and oxygen atoms in total. The third kappa shape index (κ3) is 4.71. The van der Waals surface area contributed by atoms with Gasteiger partial charge in [-0.05, 0) is 31.2 Å². The number of hydrogen-bond acceptors (Lipinski definition) is 6. The molecule has 0 heterocycles. The summed E-state index contributed by atoms with van der Waals surface area (Å²) in [5.74, 6) is -5.91. The maximum Gasteiger partial charge on any atom is 0.339 e. The summed E-state index contributed by atoms with van der Waals surface area (Å²) in [6, 6.07) is 4.15. The summed E-state index contributed by atoms with van der Waals surface area (Å²) in [4.78, 5) is 24.5. The number of amides is 1. The summed E-state index contributed by atoms with van der Waals surface area (Å²) in [6.07, 6.45) is -1.38. The molecule has 0 aliphatic carbocycles. The van der Waals surface area contributed by atoms with Gasteiger partial charge in [0.15, 0.2) is 35.1 Å². The largest absolute Gasteiger partial charge is 0.493 e. The van der Waals surface area contributed by atoms with Gasteiger partial charge in [0, 0.05) is 0 Å². The minimum Gasteiger partial charge on any atom is -0.493 e. The van der Waals surface area contributed by atoms with Gasteiger partial charge in [-0.2, -0.15) is 0 Å². The number of nitrogens with one attached hydrogen (secondary N) is 1. The van der Waals surface area contributed by atoms with Crippen LogP contribution in [0.4, 0.5) is 18.9 Å². The molecular formula is C19H18F3NO6. The van der Waals surface area contributed by atoms with E-state index in [2.05, 4.69) is 0 Å². The molecule has 0 aliphatic rings. The van der Waals surface area contributed by atoms with Crippen molar-refractivity contribution in [1.82, 2.24) is 0 Å². The lowest BCUT2D eigenvalue weighted by Crippen LogP contribution is -2.30. The number of benzene rings is 2. The number of halogens is 3. The van der Waals surface area contributed by atoms with Gasteiger partial charge in [0.1, 0.15) is 0 Å². The predicted octanol–water partition coefficient (Wildman–Crippen LogP) is 3.31. The highest BCUT2D eigenvalue weighted by Crippen LogP contribution is 2.38. The lowest BCUT2D eigenvalue weighted by molar-refractivity contribution is -0.123. The SMILES string of the molecule is COc1cc(C(=O)OC(C)C(=O)Nc2ccc(F)c(F)c2F)cc(OC)c1OC. The Bertz CT molecular complexity index is 909. The highest BCUT2D eigenvalue weighted by molar-refractivity contribution is 5.97. The third-order valence-electron chi connectivity index (χ3n) is 3.85. The van der Waals surface area contributed by atoms with Crippen LogP contribution in [0.15, 0.2) is 24.3 Å². The minimum atomic E-state index is -1.73. The van der Waals surface area contributed by atoms with Crippen LogP contribution in [0.3, 0.4) is 0 Å². The molecule has 10 heteroatoms. The Balaban J connectivity index is 2.16. The summed E-state index contributed by atoms with van der Waals surface area (Å²) in [7, 11) is 4.11. The zero-order valence-corrected chi connectivity index (χ0v) is 16.0. The molecule has 0 spiro atoms. The van der Waals surface area contributed by atoms with Crippen LogP contribution in [-0.4, -0.2) is 39.3 Å². The molecule has 156 valence electrons. The van der Waals surface area contributed by atoms with E-state index in [9.17, 15) is 22.8 Å². The van der Waals surface area contributed by atoms with Crippen molar-refractivity contribution in [2.45, 2.75) is 13.0 Å².